The van der Waals surface area contributed by atoms with E-state index in [4.69, 9.17) is 4.74 Å². The molecule has 2 rings (SSSR count). The van der Waals surface area contributed by atoms with E-state index >= 15 is 0 Å². The first-order valence-electron chi connectivity index (χ1n) is 5.61. The molecule has 0 saturated carbocycles. The van der Waals surface area contributed by atoms with Crippen LogP contribution in [0.3, 0.4) is 0 Å². The highest BCUT2D eigenvalue weighted by atomic mass is 79.9. The van der Waals surface area contributed by atoms with Crippen molar-refractivity contribution in [3.05, 3.63) is 55.4 Å². The predicted octanol–water partition coefficient (Wildman–Crippen LogP) is 5.24. The molecule has 0 aliphatic carbocycles. The average Bonchev–Trinajstić information content (AvgIpc) is 2.41. The first-order valence-corrected chi connectivity index (χ1v) is 7.99. The highest BCUT2D eigenvalue weighted by Gasteiger charge is 2.12. The number of hydrogen-bond donors (Lipinski definition) is 1. The van der Waals surface area contributed by atoms with Gasteiger partial charge in [0.25, 0.3) is 5.91 Å². The maximum absolute atomic E-state index is 12.3. The molecular formula is C14H10Br3NO2. The minimum absolute atomic E-state index is 0.196. The van der Waals surface area contributed by atoms with Gasteiger partial charge in [-0.05, 0) is 62.2 Å². The zero-order valence-corrected chi connectivity index (χ0v) is 15.2. The summed E-state index contributed by atoms with van der Waals surface area (Å²) in [5.41, 5.74) is 1.21. The number of methoxy groups -OCH3 is 1. The maximum Gasteiger partial charge on any atom is 0.256 e. The van der Waals surface area contributed by atoms with E-state index in [1.165, 1.54) is 0 Å². The van der Waals surface area contributed by atoms with Crippen LogP contribution < -0.4 is 10.1 Å². The van der Waals surface area contributed by atoms with Gasteiger partial charge in [0.2, 0.25) is 0 Å². The van der Waals surface area contributed by atoms with Crippen LogP contribution in [-0.2, 0) is 0 Å². The third-order valence-corrected chi connectivity index (χ3v) is 4.44. The first kappa shape index (κ1) is 15.5. The van der Waals surface area contributed by atoms with Crippen molar-refractivity contribution in [2.24, 2.45) is 0 Å². The Bertz CT molecular complexity index is 659. The van der Waals surface area contributed by atoms with Crippen LogP contribution in [0.4, 0.5) is 5.69 Å². The van der Waals surface area contributed by atoms with E-state index < -0.39 is 0 Å². The van der Waals surface area contributed by atoms with Gasteiger partial charge in [0, 0.05) is 19.5 Å². The van der Waals surface area contributed by atoms with Gasteiger partial charge in [-0.15, -0.1) is 0 Å². The van der Waals surface area contributed by atoms with Gasteiger partial charge in [0.15, 0.2) is 0 Å². The number of anilines is 1. The van der Waals surface area contributed by atoms with Gasteiger partial charge in [-0.2, -0.15) is 0 Å². The molecule has 0 aliphatic rings. The number of benzene rings is 2. The minimum atomic E-state index is -0.196. The quantitative estimate of drug-likeness (QED) is 0.676. The molecule has 2 aromatic carbocycles. The summed E-state index contributed by atoms with van der Waals surface area (Å²) in [4.78, 5) is 12.3. The van der Waals surface area contributed by atoms with E-state index in [1.807, 2.05) is 24.3 Å². The fourth-order valence-electron chi connectivity index (χ4n) is 1.59. The van der Waals surface area contributed by atoms with E-state index in [-0.39, 0.29) is 5.91 Å². The first-order chi connectivity index (χ1) is 9.51. The molecule has 2 aromatic rings. The van der Waals surface area contributed by atoms with Crippen molar-refractivity contribution < 1.29 is 9.53 Å². The molecule has 0 fully saturated rings. The van der Waals surface area contributed by atoms with Crippen LogP contribution in [0.25, 0.3) is 0 Å². The molecule has 0 bridgehead atoms. The number of ether oxygens (including phenoxy) is 1. The van der Waals surface area contributed by atoms with Crippen LogP contribution in [0.2, 0.25) is 0 Å². The van der Waals surface area contributed by atoms with Gasteiger partial charge >= 0.3 is 0 Å². The molecule has 1 N–H and O–H groups in total. The van der Waals surface area contributed by atoms with Crippen molar-refractivity contribution in [2.45, 2.75) is 0 Å². The smallest absolute Gasteiger partial charge is 0.256 e. The number of carbonyl (C=O) groups is 1. The Morgan fingerprint density at radius 3 is 2.45 bits per heavy atom. The van der Waals surface area contributed by atoms with E-state index in [2.05, 4.69) is 53.1 Å². The van der Waals surface area contributed by atoms with Gasteiger partial charge in [0.1, 0.15) is 5.75 Å². The summed E-state index contributed by atoms with van der Waals surface area (Å²) in [6, 6.07) is 10.8. The molecule has 0 atom stereocenters. The van der Waals surface area contributed by atoms with Gasteiger partial charge in [-0.1, -0.05) is 15.9 Å². The zero-order chi connectivity index (χ0) is 14.7. The molecule has 0 heterocycles. The molecule has 0 saturated heterocycles. The molecule has 20 heavy (non-hydrogen) atoms. The molecule has 104 valence electrons. The van der Waals surface area contributed by atoms with Crippen LogP contribution >= 0.6 is 47.8 Å². The summed E-state index contributed by atoms with van der Waals surface area (Å²) in [7, 11) is 1.58. The van der Waals surface area contributed by atoms with Crippen LogP contribution in [0, 0.1) is 0 Å². The van der Waals surface area contributed by atoms with E-state index in [9.17, 15) is 4.79 Å². The van der Waals surface area contributed by atoms with Crippen molar-refractivity contribution in [2.75, 3.05) is 12.4 Å². The second-order valence-corrected chi connectivity index (χ2v) is 6.55. The Labute approximate surface area is 142 Å². The number of amides is 1. The molecule has 0 aromatic heterocycles. The average molecular weight is 464 g/mol. The molecule has 0 radical (unpaired) electrons. The second-order valence-electron chi connectivity index (χ2n) is 3.92. The molecule has 0 aliphatic heterocycles. The summed E-state index contributed by atoms with van der Waals surface area (Å²) in [5, 5.41) is 2.85. The lowest BCUT2D eigenvalue weighted by Gasteiger charge is -2.10. The molecule has 3 nitrogen and oxygen atoms in total. The highest BCUT2D eigenvalue weighted by Crippen LogP contribution is 2.29. The van der Waals surface area contributed by atoms with Crippen LogP contribution in [0.1, 0.15) is 10.4 Å². The van der Waals surface area contributed by atoms with Crippen molar-refractivity contribution in [1.29, 1.82) is 0 Å². The fraction of sp³-hybridized carbons (Fsp3) is 0.0714. The molecular weight excluding hydrogens is 454 g/mol. The van der Waals surface area contributed by atoms with E-state index in [1.54, 1.807) is 19.2 Å². The van der Waals surface area contributed by atoms with Gasteiger partial charge < -0.3 is 10.1 Å². The number of halogens is 3. The number of carbonyl (C=O) groups excluding carboxylic acids is 1. The summed E-state index contributed by atoms with van der Waals surface area (Å²) < 4.78 is 7.57. The Hall–Kier alpha value is -0.850. The SMILES string of the molecule is COc1ccc(Br)c(NC(=O)c2ccc(Br)cc2Br)c1. The molecule has 1 amide bonds. The lowest BCUT2D eigenvalue weighted by molar-refractivity contribution is 0.102. The van der Waals surface area contributed by atoms with Crippen molar-refractivity contribution in [1.82, 2.24) is 0 Å². The number of rotatable bonds is 3. The lowest BCUT2D eigenvalue weighted by atomic mass is 10.2. The Morgan fingerprint density at radius 1 is 1.05 bits per heavy atom. The summed E-state index contributed by atoms with van der Waals surface area (Å²) in [6.45, 7) is 0. The predicted molar refractivity (Wildman–Crippen MR) is 90.5 cm³/mol. The molecule has 0 spiro atoms. The lowest BCUT2D eigenvalue weighted by Crippen LogP contribution is -2.13. The summed E-state index contributed by atoms with van der Waals surface area (Å²) >= 11 is 10.1. The Morgan fingerprint density at radius 2 is 1.80 bits per heavy atom. The van der Waals surface area contributed by atoms with E-state index in [0.29, 0.717) is 17.0 Å². The van der Waals surface area contributed by atoms with Crippen molar-refractivity contribution in [3.8, 4) is 5.75 Å². The Balaban J connectivity index is 2.27. The zero-order valence-electron chi connectivity index (χ0n) is 10.4. The Kier molecular flexibility index (Phi) is 5.23. The fourth-order valence-corrected chi connectivity index (χ4v) is 3.16. The molecule has 0 unspecified atom stereocenters. The number of nitrogens with one attached hydrogen (secondary N) is 1. The van der Waals surface area contributed by atoms with Crippen LogP contribution in [0.15, 0.2) is 49.8 Å². The topological polar surface area (TPSA) is 38.3 Å². The van der Waals surface area contributed by atoms with Crippen molar-refractivity contribution >= 4 is 59.4 Å². The third kappa shape index (κ3) is 3.62. The normalized spacial score (nSPS) is 10.2. The van der Waals surface area contributed by atoms with Crippen LogP contribution in [0.5, 0.6) is 5.75 Å². The summed E-state index contributed by atoms with van der Waals surface area (Å²) in [5.74, 6) is 0.483. The second kappa shape index (κ2) is 6.74. The molecule has 6 heteroatoms. The number of hydrogen-bond acceptors (Lipinski definition) is 2. The van der Waals surface area contributed by atoms with E-state index in [0.717, 1.165) is 13.4 Å². The van der Waals surface area contributed by atoms with Crippen molar-refractivity contribution in [3.63, 3.8) is 0 Å². The monoisotopic (exact) mass is 461 g/mol. The van der Waals surface area contributed by atoms with Crippen LogP contribution in [-0.4, -0.2) is 13.0 Å². The largest absolute Gasteiger partial charge is 0.497 e. The minimum Gasteiger partial charge on any atom is -0.497 e. The standard InChI is InChI=1S/C14H10Br3NO2/c1-20-9-3-5-11(16)13(7-9)18-14(19)10-4-2-8(15)6-12(10)17/h2-7H,1H3,(H,18,19). The third-order valence-electron chi connectivity index (χ3n) is 2.60. The summed E-state index contributed by atoms with van der Waals surface area (Å²) in [6.07, 6.45) is 0. The maximum atomic E-state index is 12.3. The van der Waals surface area contributed by atoms with Gasteiger partial charge in [-0.3, -0.25) is 4.79 Å². The van der Waals surface area contributed by atoms with Gasteiger partial charge in [-0.25, -0.2) is 0 Å². The van der Waals surface area contributed by atoms with Gasteiger partial charge in [0.05, 0.1) is 18.4 Å². The highest BCUT2D eigenvalue weighted by molar-refractivity contribution is 9.11.